The summed E-state index contributed by atoms with van der Waals surface area (Å²) < 4.78 is 33.7. The molecular formula is C32H52N4O7S. The second kappa shape index (κ2) is 18.0. The van der Waals surface area contributed by atoms with E-state index in [0.717, 1.165) is 32.1 Å². The van der Waals surface area contributed by atoms with Crippen LogP contribution in [-0.4, -0.2) is 91.9 Å². The Hall–Kier alpha value is -2.35. The van der Waals surface area contributed by atoms with E-state index in [2.05, 4.69) is 46.2 Å². The molecule has 0 bridgehead atoms. The highest BCUT2D eigenvalue weighted by molar-refractivity contribution is 7.87. The summed E-state index contributed by atoms with van der Waals surface area (Å²) in [6.45, 7) is 8.02. The highest BCUT2D eigenvalue weighted by atomic mass is 32.2. The molecule has 2 fully saturated rings. The van der Waals surface area contributed by atoms with Crippen molar-refractivity contribution in [1.82, 2.24) is 19.7 Å². The molecule has 5 N–H and O–H groups in total. The molecule has 11 nitrogen and oxygen atoms in total. The Kier molecular flexibility index (Phi) is 14.7. The van der Waals surface area contributed by atoms with Gasteiger partial charge in [0.15, 0.2) is 0 Å². The number of aliphatic hydroxyl groups is 2. The van der Waals surface area contributed by atoms with Crippen LogP contribution in [0.2, 0.25) is 0 Å². The average molecular weight is 637 g/mol. The van der Waals surface area contributed by atoms with Crippen molar-refractivity contribution in [2.75, 3.05) is 32.8 Å². The maximum absolute atomic E-state index is 13.4. The topological polar surface area (TPSA) is 157 Å². The molecule has 4 atom stereocenters. The molecule has 1 aromatic rings. The van der Waals surface area contributed by atoms with Crippen LogP contribution in [0, 0.1) is 17.8 Å². The van der Waals surface area contributed by atoms with Crippen molar-refractivity contribution in [3.05, 3.63) is 48.6 Å². The minimum atomic E-state index is -3.87. The second-order valence-electron chi connectivity index (χ2n) is 12.6. The first-order chi connectivity index (χ1) is 21.0. The number of hydrogen-bond donors (Lipinski definition) is 5. The predicted molar refractivity (Wildman–Crippen MR) is 170 cm³/mol. The first-order valence-electron chi connectivity index (χ1n) is 15.9. The number of carbonyl (C=O) groups is 2. The standard InChI is InChI=1S/C32H52N4O7S/c1-4-8-27(34-30(38)22-33-44(41,42)36-15-17-43-18-16-36)32(40)35-28(31(39)29(37)19-23(2)3)21-26-13-11-25(12-14-26)20-24-9-6-5-7-10-24/h4-7,9-10,23,25-29,31,33,37,39H,1,8,11-22H2,2-3H3,(H,34,38)(H,35,40)/t25?,26?,27-,28-,29-,31+/m0/s1. The molecule has 0 aromatic heterocycles. The maximum Gasteiger partial charge on any atom is 0.280 e. The third-order valence-electron chi connectivity index (χ3n) is 8.55. The number of rotatable bonds is 17. The Morgan fingerprint density at radius 3 is 2.30 bits per heavy atom. The van der Waals surface area contributed by atoms with Gasteiger partial charge in [0.05, 0.1) is 31.9 Å². The summed E-state index contributed by atoms with van der Waals surface area (Å²) in [5.74, 6) is -0.176. The van der Waals surface area contributed by atoms with E-state index in [4.69, 9.17) is 4.74 Å². The first kappa shape index (κ1) is 36.1. The Bertz CT molecular complexity index is 1140. The van der Waals surface area contributed by atoms with E-state index in [1.807, 2.05) is 19.9 Å². The van der Waals surface area contributed by atoms with E-state index in [1.54, 1.807) is 0 Å². The van der Waals surface area contributed by atoms with Crippen molar-refractivity contribution in [1.29, 1.82) is 0 Å². The molecule has 248 valence electrons. The molecule has 1 aliphatic heterocycles. The Morgan fingerprint density at radius 2 is 1.68 bits per heavy atom. The van der Waals surface area contributed by atoms with Gasteiger partial charge in [-0.2, -0.15) is 17.4 Å². The summed E-state index contributed by atoms with van der Waals surface area (Å²) in [6.07, 6.45) is 5.38. The van der Waals surface area contributed by atoms with E-state index in [1.165, 1.54) is 15.9 Å². The van der Waals surface area contributed by atoms with Crippen LogP contribution in [0.1, 0.15) is 64.4 Å². The molecule has 12 heteroatoms. The van der Waals surface area contributed by atoms with Gasteiger partial charge in [-0.1, -0.05) is 63.1 Å². The van der Waals surface area contributed by atoms with Crippen LogP contribution >= 0.6 is 0 Å². The zero-order valence-electron chi connectivity index (χ0n) is 26.2. The lowest BCUT2D eigenvalue weighted by molar-refractivity contribution is -0.130. The fourth-order valence-electron chi connectivity index (χ4n) is 6.11. The number of hydrogen-bond acceptors (Lipinski definition) is 7. The molecule has 44 heavy (non-hydrogen) atoms. The van der Waals surface area contributed by atoms with Crippen molar-refractivity contribution in [3.63, 3.8) is 0 Å². The zero-order chi connectivity index (χ0) is 32.1. The van der Waals surface area contributed by atoms with E-state index < -0.39 is 52.9 Å². The number of benzene rings is 1. The average Bonchev–Trinajstić information content (AvgIpc) is 3.00. The highest BCUT2D eigenvalue weighted by Crippen LogP contribution is 2.34. The predicted octanol–water partition coefficient (Wildman–Crippen LogP) is 1.91. The van der Waals surface area contributed by atoms with E-state index in [0.29, 0.717) is 18.8 Å². The van der Waals surface area contributed by atoms with E-state index in [9.17, 15) is 28.2 Å². The SMILES string of the molecule is C=CC[C@H](NC(=O)CNS(=O)(=O)N1CCOCC1)C(=O)N[C@@H](CC1CCC(Cc2ccccc2)CC1)[C@@H](O)[C@@H](O)CC(C)C. The molecule has 0 spiro atoms. The summed E-state index contributed by atoms with van der Waals surface area (Å²) in [4.78, 5) is 26.2. The number of nitrogens with zero attached hydrogens (tertiary/aromatic N) is 1. The first-order valence-corrected chi connectivity index (χ1v) is 17.4. The van der Waals surface area contributed by atoms with Crippen LogP contribution < -0.4 is 15.4 Å². The summed E-state index contributed by atoms with van der Waals surface area (Å²) in [7, 11) is -3.87. The number of carbonyl (C=O) groups excluding carboxylic acids is 2. The van der Waals surface area contributed by atoms with Gasteiger partial charge in [-0.15, -0.1) is 6.58 Å². The Balaban J connectivity index is 1.60. The summed E-state index contributed by atoms with van der Waals surface area (Å²) in [6, 6.07) is 8.71. The summed E-state index contributed by atoms with van der Waals surface area (Å²) in [5.41, 5.74) is 1.33. The number of amides is 2. The smallest absolute Gasteiger partial charge is 0.280 e. The van der Waals surface area contributed by atoms with Crippen LogP contribution in [0.25, 0.3) is 0 Å². The lowest BCUT2D eigenvalue weighted by Gasteiger charge is -2.35. The Morgan fingerprint density at radius 1 is 1.05 bits per heavy atom. The molecule has 1 aliphatic carbocycles. The minimum Gasteiger partial charge on any atom is -0.390 e. The molecule has 1 saturated carbocycles. The van der Waals surface area contributed by atoms with Crippen LogP contribution in [0.3, 0.4) is 0 Å². The van der Waals surface area contributed by atoms with Gasteiger partial charge in [0.2, 0.25) is 11.8 Å². The van der Waals surface area contributed by atoms with Gasteiger partial charge >= 0.3 is 0 Å². The van der Waals surface area contributed by atoms with Crippen LogP contribution in [0.5, 0.6) is 0 Å². The fraction of sp³-hybridized carbons (Fsp3) is 0.688. The van der Waals surface area contributed by atoms with Gasteiger partial charge in [0.25, 0.3) is 10.2 Å². The fourth-order valence-corrected chi connectivity index (χ4v) is 7.24. The molecule has 0 unspecified atom stereocenters. The molecule has 0 radical (unpaired) electrons. The third kappa shape index (κ3) is 11.9. The third-order valence-corrected chi connectivity index (χ3v) is 10.1. The normalized spacial score (nSPS) is 22.5. The monoisotopic (exact) mass is 636 g/mol. The van der Waals surface area contributed by atoms with Crippen molar-refractivity contribution < 1.29 is 33.0 Å². The molecule has 2 amide bonds. The van der Waals surface area contributed by atoms with Gasteiger partial charge in [-0.25, -0.2) is 0 Å². The van der Waals surface area contributed by atoms with Crippen molar-refractivity contribution >= 4 is 22.0 Å². The maximum atomic E-state index is 13.4. The van der Waals surface area contributed by atoms with Crippen molar-refractivity contribution in [2.24, 2.45) is 17.8 Å². The molecular weight excluding hydrogens is 584 g/mol. The lowest BCUT2D eigenvalue weighted by atomic mass is 9.76. The number of aliphatic hydroxyl groups excluding tert-OH is 2. The molecule has 1 aromatic carbocycles. The van der Waals surface area contributed by atoms with Crippen molar-refractivity contribution in [2.45, 2.75) is 89.5 Å². The lowest BCUT2D eigenvalue weighted by Crippen LogP contribution is -2.56. The van der Waals surface area contributed by atoms with Gasteiger partial charge < -0.3 is 25.6 Å². The molecule has 1 heterocycles. The summed E-state index contributed by atoms with van der Waals surface area (Å²) >= 11 is 0. The molecule has 1 saturated heterocycles. The van der Waals surface area contributed by atoms with Gasteiger partial charge in [-0.3, -0.25) is 9.59 Å². The van der Waals surface area contributed by atoms with Crippen LogP contribution in [-0.2, 0) is 31.0 Å². The Labute approximate surface area is 263 Å². The van der Waals surface area contributed by atoms with E-state index >= 15 is 0 Å². The van der Waals surface area contributed by atoms with Crippen LogP contribution in [0.15, 0.2) is 43.0 Å². The van der Waals surface area contributed by atoms with Gasteiger partial charge in [0.1, 0.15) is 12.1 Å². The largest absolute Gasteiger partial charge is 0.390 e. The van der Waals surface area contributed by atoms with Crippen LogP contribution in [0.4, 0.5) is 0 Å². The number of nitrogens with one attached hydrogen (secondary N) is 3. The quantitative estimate of drug-likeness (QED) is 0.164. The second-order valence-corrected chi connectivity index (χ2v) is 14.4. The molecule has 2 aliphatic rings. The number of morpholine rings is 1. The summed E-state index contributed by atoms with van der Waals surface area (Å²) in [5, 5.41) is 27.5. The zero-order valence-corrected chi connectivity index (χ0v) is 27.0. The van der Waals surface area contributed by atoms with Gasteiger partial charge in [0, 0.05) is 13.1 Å². The highest BCUT2D eigenvalue weighted by Gasteiger charge is 2.34. The molecule has 3 rings (SSSR count). The van der Waals surface area contributed by atoms with Crippen molar-refractivity contribution in [3.8, 4) is 0 Å². The van der Waals surface area contributed by atoms with E-state index in [-0.39, 0.29) is 44.6 Å². The minimum absolute atomic E-state index is 0.107. The van der Waals surface area contributed by atoms with Gasteiger partial charge in [-0.05, 0) is 61.8 Å². The number of ether oxygens (including phenoxy) is 1.